The summed E-state index contributed by atoms with van der Waals surface area (Å²) in [6, 6.07) is 0. The number of hydrogen-bond donors (Lipinski definition) is 1. The molecule has 0 radical (unpaired) electrons. The van der Waals surface area contributed by atoms with Crippen molar-refractivity contribution in [3.05, 3.63) is 12.7 Å². The van der Waals surface area contributed by atoms with Crippen LogP contribution in [0.3, 0.4) is 0 Å². The van der Waals surface area contributed by atoms with Crippen molar-refractivity contribution in [2.24, 2.45) is 23.7 Å². The molecule has 4 aliphatic carbocycles. The van der Waals surface area contributed by atoms with Crippen molar-refractivity contribution in [2.45, 2.75) is 44.3 Å². The Balaban J connectivity index is 1.71. The zero-order chi connectivity index (χ0) is 12.0. The topological polar surface area (TPSA) is 46.5 Å². The third kappa shape index (κ3) is 1.90. The highest BCUT2D eigenvalue weighted by atomic mass is 16.5. The van der Waals surface area contributed by atoms with Gasteiger partial charge in [0.05, 0.1) is 6.10 Å². The quantitative estimate of drug-likeness (QED) is 0.763. The highest BCUT2D eigenvalue weighted by molar-refractivity contribution is 5.74. The smallest absolute Gasteiger partial charge is 0.336 e. The zero-order valence-electron chi connectivity index (χ0n) is 10.0. The van der Waals surface area contributed by atoms with E-state index in [2.05, 4.69) is 6.58 Å². The van der Waals surface area contributed by atoms with Crippen LogP contribution >= 0.6 is 0 Å². The van der Waals surface area contributed by atoms with Gasteiger partial charge in [0.1, 0.15) is 0 Å². The van der Waals surface area contributed by atoms with E-state index < -0.39 is 12.1 Å². The van der Waals surface area contributed by atoms with Crippen LogP contribution in [-0.2, 0) is 9.53 Å². The second-order valence-electron chi connectivity index (χ2n) is 6.03. The summed E-state index contributed by atoms with van der Waals surface area (Å²) in [6.07, 6.45) is 7.17. The fraction of sp³-hybridized carbons (Fsp3) is 0.786. The van der Waals surface area contributed by atoms with E-state index >= 15 is 0 Å². The lowest BCUT2D eigenvalue weighted by molar-refractivity contribution is -0.170. The molecular formula is C14H20O3. The van der Waals surface area contributed by atoms with Gasteiger partial charge in [-0.1, -0.05) is 12.7 Å². The summed E-state index contributed by atoms with van der Waals surface area (Å²) in [6.45, 7) is 3.56. The third-order valence-corrected chi connectivity index (χ3v) is 4.90. The molecule has 4 aliphatic rings. The Morgan fingerprint density at radius 2 is 1.71 bits per heavy atom. The molecule has 4 rings (SSSR count). The van der Waals surface area contributed by atoms with E-state index in [-0.39, 0.29) is 6.10 Å². The molecule has 3 heteroatoms. The Bertz CT molecular complexity index is 308. The van der Waals surface area contributed by atoms with E-state index in [0.717, 1.165) is 11.8 Å². The molecule has 0 heterocycles. The second-order valence-corrected chi connectivity index (χ2v) is 6.03. The monoisotopic (exact) mass is 236 g/mol. The molecule has 0 saturated heterocycles. The summed E-state index contributed by atoms with van der Waals surface area (Å²) >= 11 is 0. The van der Waals surface area contributed by atoms with Gasteiger partial charge in [0.2, 0.25) is 0 Å². The van der Waals surface area contributed by atoms with Crippen LogP contribution in [0.15, 0.2) is 12.7 Å². The van der Waals surface area contributed by atoms with Gasteiger partial charge in [0, 0.05) is 0 Å². The first-order valence-corrected chi connectivity index (χ1v) is 6.68. The molecule has 17 heavy (non-hydrogen) atoms. The molecule has 1 N–H and O–H groups in total. The molecule has 0 aromatic rings. The summed E-state index contributed by atoms with van der Waals surface area (Å²) in [4.78, 5) is 11.0. The minimum absolute atomic E-state index is 0.168. The van der Waals surface area contributed by atoms with E-state index in [1.807, 2.05) is 0 Å². The first-order chi connectivity index (χ1) is 8.17. The fourth-order valence-electron chi connectivity index (χ4n) is 4.48. The SMILES string of the molecule is C=CC(OC1C2CC3CC(C2)CC1C3)C(=O)O. The van der Waals surface area contributed by atoms with E-state index in [1.54, 1.807) is 0 Å². The Morgan fingerprint density at radius 3 is 2.12 bits per heavy atom. The van der Waals surface area contributed by atoms with Crippen LogP contribution in [0.4, 0.5) is 0 Å². The van der Waals surface area contributed by atoms with Gasteiger partial charge in [-0.15, -0.1) is 0 Å². The molecule has 1 atom stereocenters. The molecular weight excluding hydrogens is 216 g/mol. The van der Waals surface area contributed by atoms with Crippen molar-refractivity contribution in [1.82, 2.24) is 0 Å². The average molecular weight is 236 g/mol. The van der Waals surface area contributed by atoms with Crippen LogP contribution in [0.2, 0.25) is 0 Å². The van der Waals surface area contributed by atoms with Crippen molar-refractivity contribution in [1.29, 1.82) is 0 Å². The van der Waals surface area contributed by atoms with Gasteiger partial charge in [-0.25, -0.2) is 4.79 Å². The lowest BCUT2D eigenvalue weighted by atomic mass is 9.55. The van der Waals surface area contributed by atoms with Gasteiger partial charge < -0.3 is 9.84 Å². The molecule has 3 nitrogen and oxygen atoms in total. The van der Waals surface area contributed by atoms with Gasteiger partial charge in [0.25, 0.3) is 0 Å². The van der Waals surface area contributed by atoms with Gasteiger partial charge in [-0.3, -0.25) is 0 Å². The van der Waals surface area contributed by atoms with Gasteiger partial charge in [-0.05, 0) is 55.8 Å². The number of ether oxygens (including phenoxy) is 1. The van der Waals surface area contributed by atoms with E-state index in [1.165, 1.54) is 38.2 Å². The minimum atomic E-state index is -0.909. The Morgan fingerprint density at radius 1 is 1.18 bits per heavy atom. The van der Waals surface area contributed by atoms with Gasteiger partial charge in [-0.2, -0.15) is 0 Å². The van der Waals surface area contributed by atoms with E-state index in [0.29, 0.717) is 11.8 Å². The maximum Gasteiger partial charge on any atom is 0.336 e. The van der Waals surface area contributed by atoms with Crippen molar-refractivity contribution >= 4 is 5.97 Å². The second kappa shape index (κ2) is 4.13. The summed E-state index contributed by atoms with van der Waals surface area (Å²) in [7, 11) is 0. The van der Waals surface area contributed by atoms with Crippen LogP contribution in [0.1, 0.15) is 32.1 Å². The van der Waals surface area contributed by atoms with Crippen LogP contribution in [0.5, 0.6) is 0 Å². The molecule has 4 bridgehead atoms. The number of carboxylic acids is 1. The number of rotatable bonds is 4. The van der Waals surface area contributed by atoms with E-state index in [9.17, 15) is 4.79 Å². The molecule has 0 aliphatic heterocycles. The summed E-state index contributed by atoms with van der Waals surface area (Å²) < 4.78 is 5.82. The molecule has 0 spiro atoms. The van der Waals surface area contributed by atoms with Crippen molar-refractivity contribution in [3.63, 3.8) is 0 Å². The Labute approximate surface area is 102 Å². The van der Waals surface area contributed by atoms with Crippen molar-refractivity contribution in [2.75, 3.05) is 0 Å². The molecule has 1 unspecified atom stereocenters. The predicted molar refractivity (Wildman–Crippen MR) is 63.5 cm³/mol. The summed E-state index contributed by atoms with van der Waals surface area (Å²) in [5, 5.41) is 9.03. The van der Waals surface area contributed by atoms with Crippen LogP contribution in [0.25, 0.3) is 0 Å². The van der Waals surface area contributed by atoms with E-state index in [4.69, 9.17) is 9.84 Å². The first-order valence-electron chi connectivity index (χ1n) is 6.68. The summed E-state index contributed by atoms with van der Waals surface area (Å²) in [5.74, 6) is 2.09. The number of aliphatic carboxylic acids is 1. The largest absolute Gasteiger partial charge is 0.479 e. The third-order valence-electron chi connectivity index (χ3n) is 4.90. The maximum atomic E-state index is 11.0. The lowest BCUT2D eigenvalue weighted by Crippen LogP contribution is -2.51. The fourth-order valence-corrected chi connectivity index (χ4v) is 4.48. The zero-order valence-corrected chi connectivity index (χ0v) is 10.0. The molecule has 94 valence electrons. The molecule has 0 aromatic carbocycles. The van der Waals surface area contributed by atoms with Crippen molar-refractivity contribution < 1.29 is 14.6 Å². The Hall–Kier alpha value is -0.830. The lowest BCUT2D eigenvalue weighted by Gasteiger charge is -2.54. The number of carbonyl (C=O) groups is 1. The minimum Gasteiger partial charge on any atom is -0.479 e. The van der Waals surface area contributed by atoms with Gasteiger partial charge >= 0.3 is 5.97 Å². The molecule has 0 amide bonds. The first kappa shape index (κ1) is 11.3. The average Bonchev–Trinajstić information content (AvgIpc) is 2.27. The predicted octanol–water partition coefficient (Wildman–Crippen LogP) is 2.47. The standard InChI is InChI=1S/C14H20O3/c1-2-12(14(15)16)17-13-10-4-8-3-9(6-10)7-11(13)5-8/h2,8-13H,1,3-7H2,(H,15,16). The normalized spacial score (nSPS) is 44.6. The highest BCUT2D eigenvalue weighted by Gasteiger charge is 2.49. The van der Waals surface area contributed by atoms with Crippen LogP contribution in [-0.4, -0.2) is 23.3 Å². The Kier molecular flexibility index (Phi) is 2.74. The summed E-state index contributed by atoms with van der Waals surface area (Å²) in [5.41, 5.74) is 0. The number of hydrogen-bond acceptors (Lipinski definition) is 2. The van der Waals surface area contributed by atoms with Gasteiger partial charge in [0.15, 0.2) is 6.10 Å². The maximum absolute atomic E-state index is 11.0. The molecule has 0 aromatic heterocycles. The number of carboxylic acid groups (broad SMARTS) is 1. The van der Waals surface area contributed by atoms with Crippen molar-refractivity contribution in [3.8, 4) is 0 Å². The highest BCUT2D eigenvalue weighted by Crippen LogP contribution is 2.54. The molecule has 4 fully saturated rings. The van der Waals surface area contributed by atoms with Crippen LogP contribution in [0, 0.1) is 23.7 Å². The molecule has 4 saturated carbocycles. The van der Waals surface area contributed by atoms with Crippen LogP contribution < -0.4 is 0 Å².